The summed E-state index contributed by atoms with van der Waals surface area (Å²) in [6.45, 7) is 0.913. The van der Waals surface area contributed by atoms with Crippen LogP contribution in [0.1, 0.15) is 12.8 Å². The highest BCUT2D eigenvalue weighted by molar-refractivity contribution is 7.97. The fraction of sp³-hybridized carbons (Fsp3) is 0.364. The number of benzene rings is 1. The lowest BCUT2D eigenvalue weighted by molar-refractivity contribution is -0.499. The van der Waals surface area contributed by atoms with E-state index in [2.05, 4.69) is 10.4 Å². The van der Waals surface area contributed by atoms with Gasteiger partial charge in [0.25, 0.3) is 0 Å². The maximum absolute atomic E-state index is 10.9. The molecule has 0 aromatic heterocycles. The van der Waals surface area contributed by atoms with E-state index in [1.54, 1.807) is 6.07 Å². The van der Waals surface area contributed by atoms with Crippen LogP contribution in [0.3, 0.4) is 0 Å². The molecular weight excluding hydrogens is 238 g/mol. The molecule has 92 valence electrons. The Kier molecular flexibility index (Phi) is 5.41. The SMILES string of the molecule is N#C[C@@H]1CCCN1Sc1ccccc1[NH2+][O-].O. The molecule has 1 atom stereocenters. The summed E-state index contributed by atoms with van der Waals surface area (Å²) in [6.07, 6.45) is 1.97. The highest BCUT2D eigenvalue weighted by Crippen LogP contribution is 2.33. The van der Waals surface area contributed by atoms with Crippen molar-refractivity contribution in [2.24, 2.45) is 0 Å². The molecule has 1 saturated heterocycles. The summed E-state index contributed by atoms with van der Waals surface area (Å²) in [5.41, 5.74) is 1.55. The molecule has 1 aromatic carbocycles. The zero-order chi connectivity index (χ0) is 11.4. The summed E-state index contributed by atoms with van der Waals surface area (Å²) in [6, 6.07) is 9.74. The third-order valence-electron chi connectivity index (χ3n) is 2.61. The molecule has 1 fully saturated rings. The van der Waals surface area contributed by atoms with Crippen molar-refractivity contribution in [2.75, 3.05) is 6.54 Å². The summed E-state index contributed by atoms with van der Waals surface area (Å²) in [4.78, 5) is 0.930. The molecule has 0 spiro atoms. The largest absolute Gasteiger partial charge is 0.630 e. The van der Waals surface area contributed by atoms with Gasteiger partial charge in [-0.1, -0.05) is 12.1 Å². The Hall–Kier alpha value is -1.10. The highest BCUT2D eigenvalue weighted by atomic mass is 32.2. The maximum Gasteiger partial charge on any atom is 0.144 e. The summed E-state index contributed by atoms with van der Waals surface area (Å²) < 4.78 is 2.06. The first-order valence-corrected chi connectivity index (χ1v) is 6.01. The number of quaternary nitrogens is 1. The van der Waals surface area contributed by atoms with Crippen LogP contribution in [0.25, 0.3) is 0 Å². The average molecular weight is 253 g/mol. The van der Waals surface area contributed by atoms with Gasteiger partial charge >= 0.3 is 0 Å². The molecule has 0 radical (unpaired) electrons. The van der Waals surface area contributed by atoms with Crippen LogP contribution in [0.15, 0.2) is 29.2 Å². The zero-order valence-electron chi connectivity index (χ0n) is 9.30. The normalized spacial score (nSPS) is 19.6. The van der Waals surface area contributed by atoms with Crippen LogP contribution >= 0.6 is 11.9 Å². The maximum atomic E-state index is 10.9. The van der Waals surface area contributed by atoms with Crippen molar-refractivity contribution in [2.45, 2.75) is 23.8 Å². The van der Waals surface area contributed by atoms with Gasteiger partial charge in [-0.2, -0.15) is 5.26 Å². The molecule has 0 aliphatic carbocycles. The van der Waals surface area contributed by atoms with Crippen LogP contribution in [0.4, 0.5) is 5.69 Å². The van der Waals surface area contributed by atoms with E-state index in [4.69, 9.17) is 5.26 Å². The Labute approximate surface area is 104 Å². The highest BCUT2D eigenvalue weighted by Gasteiger charge is 2.25. The summed E-state index contributed by atoms with van der Waals surface area (Å²) >= 11 is 1.51. The molecule has 4 N–H and O–H groups in total. The number of hydrogen-bond acceptors (Lipinski definition) is 4. The van der Waals surface area contributed by atoms with E-state index in [0.29, 0.717) is 5.69 Å². The minimum Gasteiger partial charge on any atom is -0.630 e. The molecule has 5 nitrogen and oxygen atoms in total. The summed E-state index contributed by atoms with van der Waals surface area (Å²) in [5, 5.41) is 19.8. The van der Waals surface area contributed by atoms with Crippen molar-refractivity contribution in [3.63, 3.8) is 0 Å². The van der Waals surface area contributed by atoms with Gasteiger partial charge in [0.15, 0.2) is 0 Å². The van der Waals surface area contributed by atoms with Gasteiger partial charge in [-0.25, -0.2) is 4.31 Å². The van der Waals surface area contributed by atoms with E-state index >= 15 is 0 Å². The minimum absolute atomic E-state index is 0. The number of nitriles is 1. The topological polar surface area (TPSA) is 98.2 Å². The van der Waals surface area contributed by atoms with E-state index in [1.807, 2.05) is 18.2 Å². The molecule has 0 amide bonds. The van der Waals surface area contributed by atoms with Gasteiger partial charge < -0.3 is 16.2 Å². The molecule has 1 heterocycles. The van der Waals surface area contributed by atoms with Crippen molar-refractivity contribution >= 4 is 17.6 Å². The van der Waals surface area contributed by atoms with Gasteiger partial charge in [0.2, 0.25) is 0 Å². The van der Waals surface area contributed by atoms with Crippen molar-refractivity contribution in [1.82, 2.24) is 4.31 Å². The molecular formula is C11H15N3O2S. The molecule has 1 aromatic rings. The van der Waals surface area contributed by atoms with Crippen molar-refractivity contribution in [1.29, 1.82) is 5.26 Å². The van der Waals surface area contributed by atoms with Crippen LogP contribution < -0.4 is 5.48 Å². The number of hydrogen-bond donors (Lipinski definition) is 1. The Morgan fingerprint density at radius 3 is 2.94 bits per heavy atom. The quantitative estimate of drug-likeness (QED) is 0.483. The van der Waals surface area contributed by atoms with Gasteiger partial charge in [-0.3, -0.25) is 0 Å². The van der Waals surface area contributed by atoms with Crippen molar-refractivity contribution in [3.8, 4) is 6.07 Å². The fourth-order valence-corrected chi connectivity index (χ4v) is 2.88. The fourth-order valence-electron chi connectivity index (χ4n) is 1.77. The minimum atomic E-state index is -0.0234. The number of rotatable bonds is 3. The predicted molar refractivity (Wildman–Crippen MR) is 66.2 cm³/mol. The predicted octanol–water partition coefficient (Wildman–Crippen LogP) is 0.550. The van der Waals surface area contributed by atoms with Crippen LogP contribution in [-0.2, 0) is 0 Å². The van der Waals surface area contributed by atoms with E-state index in [0.717, 1.165) is 29.8 Å². The number of nitrogens with zero attached hydrogens (tertiary/aromatic N) is 2. The third-order valence-corrected chi connectivity index (χ3v) is 3.85. The van der Waals surface area contributed by atoms with E-state index in [-0.39, 0.29) is 11.5 Å². The molecule has 1 aliphatic heterocycles. The second kappa shape index (κ2) is 6.59. The Morgan fingerprint density at radius 1 is 1.47 bits per heavy atom. The smallest absolute Gasteiger partial charge is 0.144 e. The lowest BCUT2D eigenvalue weighted by Gasteiger charge is -2.18. The van der Waals surface area contributed by atoms with E-state index in [1.165, 1.54) is 11.9 Å². The standard InChI is InChI=1S/C11H13N3OS.H2O/c12-8-9-4-3-7-14(9)16-11-6-2-1-5-10(11)13-15;/h1-2,5-6,9H,3-4,7,13H2;1H2/t9-;/m0./s1. The average Bonchev–Trinajstić information content (AvgIpc) is 2.77. The van der Waals surface area contributed by atoms with Gasteiger partial charge in [-0.15, -0.1) is 0 Å². The second-order valence-corrected chi connectivity index (χ2v) is 4.77. The van der Waals surface area contributed by atoms with Crippen LogP contribution in [0.2, 0.25) is 0 Å². The zero-order valence-corrected chi connectivity index (χ0v) is 10.1. The van der Waals surface area contributed by atoms with Crippen LogP contribution in [0.5, 0.6) is 0 Å². The first-order chi connectivity index (χ1) is 7.85. The molecule has 6 heteroatoms. The molecule has 1 aliphatic rings. The molecule has 0 bridgehead atoms. The number of nitrogens with two attached hydrogens (primary N) is 1. The van der Waals surface area contributed by atoms with Gasteiger partial charge in [0.05, 0.1) is 11.0 Å². The molecule has 0 saturated carbocycles. The molecule has 2 rings (SSSR count). The Balaban J connectivity index is 0.00000144. The summed E-state index contributed by atoms with van der Waals surface area (Å²) in [7, 11) is 0. The molecule has 17 heavy (non-hydrogen) atoms. The third kappa shape index (κ3) is 3.19. The monoisotopic (exact) mass is 253 g/mol. The van der Waals surface area contributed by atoms with Crippen LogP contribution in [0, 0.1) is 16.5 Å². The van der Waals surface area contributed by atoms with Crippen LogP contribution in [-0.4, -0.2) is 22.4 Å². The molecule has 0 unspecified atom stereocenters. The van der Waals surface area contributed by atoms with Gasteiger partial charge in [-0.05, 0) is 30.9 Å². The summed E-state index contributed by atoms with van der Waals surface area (Å²) in [5.74, 6) is 0. The van der Waals surface area contributed by atoms with E-state index < -0.39 is 0 Å². The van der Waals surface area contributed by atoms with Crippen molar-refractivity contribution < 1.29 is 11.0 Å². The Bertz CT molecular complexity index is 408. The second-order valence-electron chi connectivity index (χ2n) is 3.67. The lowest BCUT2D eigenvalue weighted by Crippen LogP contribution is -2.70. The van der Waals surface area contributed by atoms with Gasteiger partial charge in [0.1, 0.15) is 11.7 Å². The van der Waals surface area contributed by atoms with E-state index in [9.17, 15) is 5.21 Å². The first-order valence-electron chi connectivity index (χ1n) is 5.23. The Morgan fingerprint density at radius 2 is 2.24 bits per heavy atom. The lowest BCUT2D eigenvalue weighted by atomic mass is 10.2. The van der Waals surface area contributed by atoms with Crippen molar-refractivity contribution in [3.05, 3.63) is 29.5 Å². The first kappa shape index (κ1) is 14.0. The van der Waals surface area contributed by atoms with Gasteiger partial charge in [0, 0.05) is 12.6 Å².